The summed E-state index contributed by atoms with van der Waals surface area (Å²) in [5.74, 6) is -1.74. The first kappa shape index (κ1) is 17.9. The Morgan fingerprint density at radius 1 is 0.944 bits per heavy atom. The Morgan fingerprint density at radius 3 is 1.78 bits per heavy atom. The Kier molecular flexibility index (Phi) is 6.29. The van der Waals surface area contributed by atoms with Gasteiger partial charge < -0.3 is 0 Å². The molecule has 0 aromatic heterocycles. The van der Waals surface area contributed by atoms with Crippen molar-refractivity contribution in [1.29, 1.82) is 0 Å². The zero-order chi connectivity index (χ0) is 14.6. The zero-order valence-corrected chi connectivity index (χ0v) is 10.6. The van der Waals surface area contributed by atoms with Gasteiger partial charge in [-0.15, -0.1) is 0 Å². The lowest BCUT2D eigenvalue weighted by Crippen LogP contribution is -2.37. The average Bonchev–Trinajstić information content (AvgIpc) is 2.12. The monoisotopic (exact) mass is 300 g/mol. The normalized spacial score (nSPS) is 18.5. The molecule has 0 amide bonds. The number of alkyl halides is 7. The highest BCUT2D eigenvalue weighted by Crippen LogP contribution is 2.39. The van der Waals surface area contributed by atoms with Crippen LogP contribution in [0.2, 0.25) is 0 Å². The minimum atomic E-state index is -5.05. The average molecular weight is 300 g/mol. The molecule has 0 saturated carbocycles. The summed E-state index contributed by atoms with van der Waals surface area (Å²) in [6, 6.07) is 0. The highest BCUT2D eigenvalue weighted by Gasteiger charge is 2.51. The van der Waals surface area contributed by atoms with Gasteiger partial charge in [-0.25, -0.2) is 4.39 Å². The van der Waals surface area contributed by atoms with E-state index in [-0.39, 0.29) is 12.2 Å². The van der Waals surface area contributed by atoms with Gasteiger partial charge in [0.05, 0.1) is 5.92 Å². The van der Waals surface area contributed by atoms with Crippen molar-refractivity contribution < 1.29 is 30.7 Å². The molecule has 0 spiro atoms. The van der Waals surface area contributed by atoms with E-state index in [4.69, 9.17) is 0 Å². The predicted octanol–water partition coefficient (Wildman–Crippen LogP) is 4.95. The SMILES string of the molecule is CC(F)(CCCC(CCS)C(F)(F)F)C(F)(F)F. The van der Waals surface area contributed by atoms with Crippen LogP contribution in [0.15, 0.2) is 0 Å². The first-order valence-corrected chi connectivity index (χ1v) is 5.98. The van der Waals surface area contributed by atoms with Gasteiger partial charge in [0.25, 0.3) is 0 Å². The van der Waals surface area contributed by atoms with Crippen LogP contribution in [0.1, 0.15) is 32.6 Å². The molecule has 2 unspecified atom stereocenters. The number of hydrogen-bond donors (Lipinski definition) is 1. The predicted molar refractivity (Wildman–Crippen MR) is 57.4 cm³/mol. The van der Waals surface area contributed by atoms with Crippen molar-refractivity contribution in [2.75, 3.05) is 5.75 Å². The van der Waals surface area contributed by atoms with Gasteiger partial charge in [0.2, 0.25) is 5.67 Å². The summed E-state index contributed by atoms with van der Waals surface area (Å²) in [5.41, 5.74) is -3.44. The van der Waals surface area contributed by atoms with E-state index >= 15 is 0 Å². The van der Waals surface area contributed by atoms with Crippen molar-refractivity contribution in [2.24, 2.45) is 5.92 Å². The third-order valence-corrected chi connectivity index (χ3v) is 2.99. The fraction of sp³-hybridized carbons (Fsp3) is 1.00. The van der Waals surface area contributed by atoms with E-state index in [1.807, 2.05) is 0 Å². The van der Waals surface area contributed by atoms with Crippen LogP contribution in [-0.2, 0) is 0 Å². The number of rotatable bonds is 6. The van der Waals surface area contributed by atoms with Gasteiger partial charge in [0.1, 0.15) is 0 Å². The van der Waals surface area contributed by atoms with Crippen LogP contribution in [0.4, 0.5) is 30.7 Å². The number of hydrogen-bond acceptors (Lipinski definition) is 1. The van der Waals surface area contributed by atoms with Crippen molar-refractivity contribution in [2.45, 2.75) is 50.6 Å². The molecule has 0 heterocycles. The Labute approximate surface area is 106 Å². The molecule has 0 aromatic carbocycles. The van der Waals surface area contributed by atoms with E-state index in [9.17, 15) is 30.7 Å². The molecule has 0 fully saturated rings. The molecule has 0 N–H and O–H groups in total. The summed E-state index contributed by atoms with van der Waals surface area (Å²) in [6.45, 7) is 0.341. The van der Waals surface area contributed by atoms with Crippen LogP contribution < -0.4 is 0 Å². The van der Waals surface area contributed by atoms with Crippen LogP contribution in [-0.4, -0.2) is 23.8 Å². The van der Waals surface area contributed by atoms with Crippen LogP contribution in [0.5, 0.6) is 0 Å². The van der Waals surface area contributed by atoms with E-state index in [0.29, 0.717) is 6.92 Å². The van der Waals surface area contributed by atoms with Gasteiger partial charge in [-0.1, -0.05) is 0 Å². The van der Waals surface area contributed by atoms with Gasteiger partial charge >= 0.3 is 12.4 Å². The lowest BCUT2D eigenvalue weighted by atomic mass is 9.93. The van der Waals surface area contributed by atoms with Crippen LogP contribution in [0, 0.1) is 5.92 Å². The third-order valence-electron chi connectivity index (χ3n) is 2.73. The molecule has 0 saturated heterocycles. The minimum Gasteiger partial charge on any atom is -0.234 e. The lowest BCUT2D eigenvalue weighted by Gasteiger charge is -2.25. The largest absolute Gasteiger partial charge is 0.422 e. The Morgan fingerprint density at radius 2 is 1.44 bits per heavy atom. The second-order valence-corrected chi connectivity index (χ2v) is 4.79. The summed E-state index contributed by atoms with van der Waals surface area (Å²) in [7, 11) is 0. The molecule has 0 rings (SSSR count). The van der Waals surface area contributed by atoms with Crippen LogP contribution >= 0.6 is 12.6 Å². The quantitative estimate of drug-likeness (QED) is 0.521. The fourth-order valence-corrected chi connectivity index (χ4v) is 1.76. The molecule has 2 atom stereocenters. The maximum Gasteiger partial charge on any atom is 0.422 e. The molecule has 0 bridgehead atoms. The second-order valence-electron chi connectivity index (χ2n) is 4.34. The lowest BCUT2D eigenvalue weighted by molar-refractivity contribution is -0.227. The molecule has 0 aromatic rings. The molecule has 8 heteroatoms. The van der Waals surface area contributed by atoms with E-state index in [1.54, 1.807) is 0 Å². The maximum atomic E-state index is 13.1. The van der Waals surface area contributed by atoms with Crippen molar-refractivity contribution in [1.82, 2.24) is 0 Å². The number of thiol groups is 1. The zero-order valence-electron chi connectivity index (χ0n) is 9.71. The topological polar surface area (TPSA) is 0 Å². The summed E-state index contributed by atoms with van der Waals surface area (Å²) in [5, 5.41) is 0. The first-order valence-electron chi connectivity index (χ1n) is 5.35. The third kappa shape index (κ3) is 5.67. The van der Waals surface area contributed by atoms with Gasteiger partial charge in [0.15, 0.2) is 0 Å². The molecular weight excluding hydrogens is 285 g/mol. The fourth-order valence-electron chi connectivity index (χ4n) is 1.45. The highest BCUT2D eigenvalue weighted by atomic mass is 32.1. The van der Waals surface area contributed by atoms with Crippen molar-refractivity contribution in [3.05, 3.63) is 0 Å². The summed E-state index contributed by atoms with van der Waals surface area (Å²) in [6.07, 6.45) is -11.8. The van der Waals surface area contributed by atoms with Gasteiger partial charge in [-0.2, -0.15) is 39.0 Å². The first-order chi connectivity index (χ1) is 7.92. The Balaban J connectivity index is 4.32. The Hall–Kier alpha value is -0.140. The molecule has 18 heavy (non-hydrogen) atoms. The standard InChI is InChI=1S/C10H15F7S/c1-8(11,10(15,16)17)5-2-3-7(4-6-18)9(12,13)14/h7,18H,2-6H2,1H3. The molecular formula is C10H15F7S. The van der Waals surface area contributed by atoms with E-state index in [1.165, 1.54) is 0 Å². The van der Waals surface area contributed by atoms with Gasteiger partial charge in [-0.05, 0) is 38.4 Å². The van der Waals surface area contributed by atoms with Crippen LogP contribution in [0.3, 0.4) is 0 Å². The summed E-state index contributed by atoms with van der Waals surface area (Å²) < 4.78 is 86.7. The summed E-state index contributed by atoms with van der Waals surface area (Å²) in [4.78, 5) is 0. The Bertz CT molecular complexity index is 244. The minimum absolute atomic E-state index is 0.0175. The van der Waals surface area contributed by atoms with Crippen LogP contribution in [0.25, 0.3) is 0 Å². The molecule has 0 aliphatic heterocycles. The van der Waals surface area contributed by atoms with Gasteiger partial charge in [-0.3, -0.25) is 0 Å². The van der Waals surface area contributed by atoms with Crippen molar-refractivity contribution in [3.8, 4) is 0 Å². The number of halogens is 7. The molecule has 0 aliphatic carbocycles. The van der Waals surface area contributed by atoms with Crippen molar-refractivity contribution >= 4 is 12.6 Å². The molecule has 0 nitrogen and oxygen atoms in total. The molecule has 0 radical (unpaired) electrons. The second kappa shape index (κ2) is 6.34. The molecule has 110 valence electrons. The highest BCUT2D eigenvalue weighted by molar-refractivity contribution is 7.80. The van der Waals surface area contributed by atoms with Gasteiger partial charge in [0, 0.05) is 0 Å². The summed E-state index contributed by atoms with van der Waals surface area (Å²) >= 11 is 3.66. The maximum absolute atomic E-state index is 13.1. The van der Waals surface area contributed by atoms with E-state index < -0.39 is 43.2 Å². The smallest absolute Gasteiger partial charge is 0.234 e. The van der Waals surface area contributed by atoms with E-state index in [2.05, 4.69) is 12.6 Å². The molecule has 0 aliphatic rings. The van der Waals surface area contributed by atoms with E-state index in [0.717, 1.165) is 0 Å². The van der Waals surface area contributed by atoms with Crippen molar-refractivity contribution in [3.63, 3.8) is 0 Å².